The predicted molar refractivity (Wildman–Crippen MR) is 102 cm³/mol. The molecule has 0 saturated heterocycles. The van der Waals surface area contributed by atoms with E-state index in [4.69, 9.17) is 21.4 Å². The van der Waals surface area contributed by atoms with Crippen LogP contribution in [0.3, 0.4) is 0 Å². The summed E-state index contributed by atoms with van der Waals surface area (Å²) in [7, 11) is 0. The zero-order chi connectivity index (χ0) is 19.4. The fourth-order valence-electron chi connectivity index (χ4n) is 3.17. The van der Waals surface area contributed by atoms with Gasteiger partial charge in [0.2, 0.25) is 0 Å². The maximum Gasteiger partial charge on any atom is 0.405 e. The predicted octanol–water partition coefficient (Wildman–Crippen LogP) is 3.95. The first-order valence-corrected chi connectivity index (χ1v) is 8.93. The average molecular weight is 380 g/mol. The molecule has 0 bridgehead atoms. The molecular formula is C19H26ClN3O3. The number of hydrogen-bond acceptors (Lipinski definition) is 4. The first-order valence-electron chi connectivity index (χ1n) is 8.55. The number of amides is 1. The van der Waals surface area contributed by atoms with Gasteiger partial charge in [-0.3, -0.25) is 4.98 Å². The molecule has 26 heavy (non-hydrogen) atoms. The number of hydrogen-bond donors (Lipinski definition) is 3. The molecule has 1 amide bonds. The number of nitrogens with one attached hydrogen (secondary N) is 2. The Bertz CT molecular complexity index is 705. The molecule has 0 saturated carbocycles. The van der Waals surface area contributed by atoms with E-state index in [-0.39, 0.29) is 6.61 Å². The summed E-state index contributed by atoms with van der Waals surface area (Å²) in [5, 5.41) is 15.3. The van der Waals surface area contributed by atoms with E-state index in [0.717, 1.165) is 5.56 Å². The lowest BCUT2D eigenvalue weighted by Crippen LogP contribution is -2.50. The van der Waals surface area contributed by atoms with Gasteiger partial charge < -0.3 is 20.5 Å². The molecule has 2 atom stereocenters. The Kier molecular flexibility index (Phi) is 6.18. The highest BCUT2D eigenvalue weighted by atomic mass is 35.5. The smallest absolute Gasteiger partial charge is 0.405 e. The fourth-order valence-corrected chi connectivity index (χ4v) is 3.48. The Morgan fingerprint density at radius 1 is 1.46 bits per heavy atom. The van der Waals surface area contributed by atoms with Crippen LogP contribution in [0.5, 0.6) is 0 Å². The Labute approximate surface area is 159 Å². The van der Waals surface area contributed by atoms with Crippen molar-refractivity contribution in [3.05, 3.63) is 53.2 Å². The summed E-state index contributed by atoms with van der Waals surface area (Å²) in [6.45, 7) is 8.09. The number of nitrogens with zero attached hydrogens (tertiary/aromatic N) is 1. The largest absolute Gasteiger partial charge is 0.488 e. The van der Waals surface area contributed by atoms with Crippen LogP contribution in [0.4, 0.5) is 4.79 Å². The Morgan fingerprint density at radius 3 is 2.65 bits per heavy atom. The van der Waals surface area contributed by atoms with Crippen molar-refractivity contribution < 1.29 is 14.6 Å². The first-order chi connectivity index (χ1) is 12.1. The van der Waals surface area contributed by atoms with Gasteiger partial charge in [0, 0.05) is 12.4 Å². The molecule has 7 heteroatoms. The summed E-state index contributed by atoms with van der Waals surface area (Å²) in [6.07, 6.45) is 6.82. The van der Waals surface area contributed by atoms with Crippen molar-refractivity contribution >= 4 is 17.7 Å². The molecule has 0 fully saturated rings. The number of carbonyl (C=O) groups is 1. The van der Waals surface area contributed by atoms with Crippen LogP contribution in [-0.4, -0.2) is 28.3 Å². The van der Waals surface area contributed by atoms with E-state index < -0.39 is 17.2 Å². The van der Waals surface area contributed by atoms with Crippen molar-refractivity contribution in [1.82, 2.24) is 15.6 Å². The Hall–Kier alpha value is -2.21. The van der Waals surface area contributed by atoms with Crippen molar-refractivity contribution in [1.29, 1.82) is 0 Å². The monoisotopic (exact) mass is 379 g/mol. The fraction of sp³-hybridized carbons (Fsp3) is 0.474. The van der Waals surface area contributed by atoms with Crippen LogP contribution in [0, 0.1) is 5.92 Å². The average Bonchev–Trinajstić information content (AvgIpc) is 2.53. The first kappa shape index (κ1) is 20.1. The van der Waals surface area contributed by atoms with E-state index in [1.807, 2.05) is 52.0 Å². The van der Waals surface area contributed by atoms with Crippen LogP contribution < -0.4 is 10.6 Å². The molecular weight excluding hydrogens is 354 g/mol. The summed E-state index contributed by atoms with van der Waals surface area (Å²) in [4.78, 5) is 15.2. The number of halogens is 1. The highest BCUT2D eigenvalue weighted by Crippen LogP contribution is 2.30. The second kappa shape index (κ2) is 7.99. The lowest BCUT2D eigenvalue weighted by Gasteiger charge is -2.34. The summed E-state index contributed by atoms with van der Waals surface area (Å²) in [5.74, 6) is 0.801. The van der Waals surface area contributed by atoms with Gasteiger partial charge in [-0.15, -0.1) is 0 Å². The molecule has 1 aromatic heterocycles. The molecule has 0 spiro atoms. The van der Waals surface area contributed by atoms with Crippen LogP contribution in [0.2, 0.25) is 0 Å². The molecule has 0 aromatic carbocycles. The van der Waals surface area contributed by atoms with Gasteiger partial charge in [-0.2, -0.15) is 0 Å². The van der Waals surface area contributed by atoms with Crippen LogP contribution in [0.25, 0.3) is 0 Å². The van der Waals surface area contributed by atoms with Crippen LogP contribution in [0.1, 0.15) is 39.7 Å². The number of ether oxygens (including phenoxy) is 1. The number of pyridine rings is 1. The minimum Gasteiger partial charge on any atom is -0.488 e. The number of aromatic nitrogens is 1. The molecule has 1 aliphatic rings. The molecule has 1 aliphatic heterocycles. The standard InChI is InChI=1S/C19H26ClN3O3/c1-13(2)11-18(3,23-17(24)25)12-26-15-5-8-19(4,22-16(15)20)14-6-9-21-10-7-14/h5-10,13,22-23H,11-12H2,1-4H3,(H,24,25). The summed E-state index contributed by atoms with van der Waals surface area (Å²) in [5.41, 5.74) is -0.143. The van der Waals surface area contributed by atoms with E-state index in [1.54, 1.807) is 12.4 Å². The SMILES string of the molecule is CC(C)CC(C)(COC1=C(Cl)NC(C)(c2ccncc2)C=C1)NC(=O)O. The van der Waals surface area contributed by atoms with E-state index >= 15 is 0 Å². The van der Waals surface area contributed by atoms with E-state index in [9.17, 15) is 4.79 Å². The van der Waals surface area contributed by atoms with Gasteiger partial charge in [-0.25, -0.2) is 4.79 Å². The van der Waals surface area contributed by atoms with Gasteiger partial charge in [-0.1, -0.05) is 31.5 Å². The van der Waals surface area contributed by atoms with Gasteiger partial charge in [0.05, 0.1) is 11.1 Å². The Morgan fingerprint density at radius 2 is 2.12 bits per heavy atom. The Balaban J connectivity index is 2.09. The summed E-state index contributed by atoms with van der Waals surface area (Å²) < 4.78 is 5.85. The summed E-state index contributed by atoms with van der Waals surface area (Å²) in [6, 6.07) is 3.84. The summed E-state index contributed by atoms with van der Waals surface area (Å²) >= 11 is 6.40. The topological polar surface area (TPSA) is 83.5 Å². The van der Waals surface area contributed by atoms with Gasteiger partial charge in [0.1, 0.15) is 11.8 Å². The van der Waals surface area contributed by atoms with Crippen LogP contribution >= 0.6 is 11.6 Å². The normalized spacial score (nSPS) is 21.9. The molecule has 1 aromatic rings. The van der Waals surface area contributed by atoms with Crippen molar-refractivity contribution in [3.63, 3.8) is 0 Å². The number of carboxylic acid groups (broad SMARTS) is 1. The third kappa shape index (κ3) is 5.14. The number of dihydropyridines is 1. The third-order valence-electron chi connectivity index (χ3n) is 4.25. The lowest BCUT2D eigenvalue weighted by molar-refractivity contribution is 0.110. The molecule has 6 nitrogen and oxygen atoms in total. The van der Waals surface area contributed by atoms with Crippen LogP contribution in [-0.2, 0) is 10.3 Å². The van der Waals surface area contributed by atoms with Crippen molar-refractivity contribution in [2.45, 2.75) is 45.2 Å². The van der Waals surface area contributed by atoms with Gasteiger partial charge in [0.25, 0.3) is 0 Å². The highest BCUT2D eigenvalue weighted by Gasteiger charge is 2.31. The van der Waals surface area contributed by atoms with Gasteiger partial charge >= 0.3 is 6.09 Å². The molecule has 0 radical (unpaired) electrons. The minimum absolute atomic E-state index is 0.182. The maximum atomic E-state index is 11.1. The molecule has 2 rings (SSSR count). The molecule has 2 unspecified atom stereocenters. The molecule has 0 aliphatic carbocycles. The minimum atomic E-state index is -1.07. The van der Waals surface area contributed by atoms with Gasteiger partial charge in [-0.05, 0) is 50.0 Å². The van der Waals surface area contributed by atoms with Crippen molar-refractivity contribution in [2.75, 3.05) is 6.61 Å². The lowest BCUT2D eigenvalue weighted by atomic mass is 9.90. The molecule has 2 heterocycles. The molecule has 142 valence electrons. The number of rotatable bonds is 7. The third-order valence-corrected chi connectivity index (χ3v) is 4.53. The van der Waals surface area contributed by atoms with Crippen molar-refractivity contribution in [3.8, 4) is 0 Å². The van der Waals surface area contributed by atoms with E-state index in [2.05, 4.69) is 15.6 Å². The zero-order valence-corrected chi connectivity index (χ0v) is 16.3. The van der Waals surface area contributed by atoms with E-state index in [0.29, 0.717) is 23.3 Å². The second-order valence-electron chi connectivity index (χ2n) is 7.45. The molecule has 3 N–H and O–H groups in total. The van der Waals surface area contributed by atoms with E-state index in [1.165, 1.54) is 0 Å². The number of allylic oxidation sites excluding steroid dienone is 1. The quantitative estimate of drug-likeness (QED) is 0.624. The zero-order valence-electron chi connectivity index (χ0n) is 15.5. The van der Waals surface area contributed by atoms with Crippen LogP contribution in [0.15, 0.2) is 47.6 Å². The van der Waals surface area contributed by atoms with Gasteiger partial charge in [0.15, 0.2) is 5.76 Å². The second-order valence-corrected chi connectivity index (χ2v) is 7.83. The maximum absolute atomic E-state index is 11.1. The van der Waals surface area contributed by atoms with Crippen molar-refractivity contribution in [2.24, 2.45) is 5.92 Å². The highest BCUT2D eigenvalue weighted by molar-refractivity contribution is 6.29.